The SMILES string of the molecule is C/C(C=P(c1ccccc1)(c1ccccc1)c1ccccc1)=N/N=C(/c1ccccc1)c1ccc(N)cc1. The van der Waals surface area contributed by atoms with Crippen LogP contribution < -0.4 is 21.6 Å². The fraction of sp³-hybridized carbons (Fsp3) is 0.0294. The number of anilines is 1. The first-order valence-electron chi connectivity index (χ1n) is 12.6. The van der Waals surface area contributed by atoms with Crippen LogP contribution in [0.25, 0.3) is 0 Å². The van der Waals surface area contributed by atoms with Gasteiger partial charge in [-0.15, -0.1) is 5.10 Å². The second-order valence-corrected chi connectivity index (χ2v) is 12.3. The van der Waals surface area contributed by atoms with Crippen LogP contribution in [-0.2, 0) is 0 Å². The molecular formula is C34H30N3P. The highest BCUT2D eigenvalue weighted by atomic mass is 31.2. The molecule has 0 spiro atoms. The minimum absolute atomic E-state index is 0.720. The van der Waals surface area contributed by atoms with Crippen LogP contribution in [0.1, 0.15) is 18.1 Å². The Morgan fingerprint density at radius 1 is 0.526 bits per heavy atom. The van der Waals surface area contributed by atoms with E-state index in [2.05, 4.69) is 109 Å². The lowest BCUT2D eigenvalue weighted by Gasteiger charge is -2.28. The molecule has 3 nitrogen and oxygen atoms in total. The zero-order valence-corrected chi connectivity index (χ0v) is 22.2. The molecular weight excluding hydrogens is 481 g/mol. The fourth-order valence-corrected chi connectivity index (χ4v) is 8.50. The summed E-state index contributed by atoms with van der Waals surface area (Å²) in [5.41, 5.74) is 10.3. The molecule has 38 heavy (non-hydrogen) atoms. The van der Waals surface area contributed by atoms with E-state index < -0.39 is 6.89 Å². The summed E-state index contributed by atoms with van der Waals surface area (Å²) in [5.74, 6) is 2.34. The Morgan fingerprint density at radius 2 is 0.921 bits per heavy atom. The quantitative estimate of drug-likeness (QED) is 0.119. The Balaban J connectivity index is 1.74. The first kappa shape index (κ1) is 25.2. The molecule has 0 atom stereocenters. The van der Waals surface area contributed by atoms with Crippen LogP contribution in [0.2, 0.25) is 0 Å². The minimum Gasteiger partial charge on any atom is -0.399 e. The zero-order chi connectivity index (χ0) is 26.2. The van der Waals surface area contributed by atoms with Gasteiger partial charge in [-0.3, -0.25) is 0 Å². The average molecular weight is 512 g/mol. The zero-order valence-electron chi connectivity index (χ0n) is 21.4. The van der Waals surface area contributed by atoms with Crippen molar-refractivity contribution >= 4 is 45.7 Å². The molecule has 0 saturated heterocycles. The summed E-state index contributed by atoms with van der Waals surface area (Å²) in [6.45, 7) is -0.121. The van der Waals surface area contributed by atoms with E-state index in [1.807, 2.05) is 49.4 Å². The van der Waals surface area contributed by atoms with Crippen LogP contribution in [0.5, 0.6) is 0 Å². The fourth-order valence-electron chi connectivity index (χ4n) is 4.61. The Morgan fingerprint density at radius 3 is 1.37 bits per heavy atom. The van der Waals surface area contributed by atoms with Gasteiger partial charge >= 0.3 is 0 Å². The van der Waals surface area contributed by atoms with Crippen molar-refractivity contribution in [3.63, 3.8) is 0 Å². The maximum absolute atomic E-state index is 5.95. The number of benzene rings is 5. The maximum Gasteiger partial charge on any atom is 0.100 e. The Kier molecular flexibility index (Phi) is 7.78. The lowest BCUT2D eigenvalue weighted by molar-refractivity contribution is 1.23. The third-order valence-electron chi connectivity index (χ3n) is 6.41. The molecule has 0 aromatic heterocycles. The van der Waals surface area contributed by atoms with Crippen molar-refractivity contribution in [3.8, 4) is 0 Å². The summed E-state index contributed by atoms with van der Waals surface area (Å²) < 4.78 is 0. The second-order valence-electron chi connectivity index (χ2n) is 9.04. The van der Waals surface area contributed by atoms with Crippen molar-refractivity contribution < 1.29 is 0 Å². The second kappa shape index (κ2) is 11.7. The summed E-state index contributed by atoms with van der Waals surface area (Å²) in [7, 11) is 0. The van der Waals surface area contributed by atoms with Crippen LogP contribution in [0.15, 0.2) is 156 Å². The Labute approximate surface area is 225 Å². The summed E-state index contributed by atoms with van der Waals surface area (Å²) >= 11 is 0. The molecule has 0 aliphatic carbocycles. The third kappa shape index (κ3) is 5.44. The third-order valence-corrected chi connectivity index (χ3v) is 10.5. The molecule has 0 heterocycles. The number of nitrogens with zero attached hydrogens (tertiary/aromatic N) is 2. The molecule has 186 valence electrons. The molecule has 0 aliphatic rings. The van der Waals surface area contributed by atoms with Gasteiger partial charge in [0.15, 0.2) is 0 Å². The molecule has 0 unspecified atom stereocenters. The first-order valence-corrected chi connectivity index (χ1v) is 14.5. The molecule has 5 rings (SSSR count). The number of rotatable bonds is 7. The van der Waals surface area contributed by atoms with E-state index in [1.54, 1.807) is 0 Å². The number of hydrogen-bond acceptors (Lipinski definition) is 3. The maximum atomic E-state index is 5.95. The normalized spacial score (nSPS) is 12.2. The van der Waals surface area contributed by atoms with Crippen molar-refractivity contribution in [2.45, 2.75) is 6.92 Å². The van der Waals surface area contributed by atoms with Crippen molar-refractivity contribution in [2.24, 2.45) is 10.2 Å². The predicted octanol–water partition coefficient (Wildman–Crippen LogP) is 6.28. The van der Waals surface area contributed by atoms with Gasteiger partial charge in [-0.2, -0.15) is 5.10 Å². The molecule has 0 saturated carbocycles. The predicted molar refractivity (Wildman–Crippen MR) is 167 cm³/mol. The molecule has 0 radical (unpaired) electrons. The number of nitrogens with two attached hydrogens (primary N) is 1. The molecule has 0 bridgehead atoms. The van der Waals surface area contributed by atoms with Gasteiger partial charge in [0.25, 0.3) is 0 Å². The van der Waals surface area contributed by atoms with Gasteiger partial charge in [0.1, 0.15) is 5.71 Å². The molecule has 4 heteroatoms. The van der Waals surface area contributed by atoms with Crippen LogP contribution in [0.3, 0.4) is 0 Å². The van der Waals surface area contributed by atoms with Gasteiger partial charge in [0.05, 0.1) is 5.71 Å². The molecule has 5 aromatic carbocycles. The number of hydrogen-bond donors (Lipinski definition) is 1. The smallest absolute Gasteiger partial charge is 0.100 e. The largest absolute Gasteiger partial charge is 0.399 e. The van der Waals surface area contributed by atoms with Gasteiger partial charge < -0.3 is 5.73 Å². The summed E-state index contributed by atoms with van der Waals surface area (Å²) in [6.07, 6.45) is 0. The van der Waals surface area contributed by atoms with Crippen LogP contribution in [0.4, 0.5) is 5.69 Å². The van der Waals surface area contributed by atoms with E-state index >= 15 is 0 Å². The van der Waals surface area contributed by atoms with E-state index in [4.69, 9.17) is 15.9 Å². The van der Waals surface area contributed by atoms with E-state index in [0.29, 0.717) is 0 Å². The van der Waals surface area contributed by atoms with Crippen molar-refractivity contribution in [1.29, 1.82) is 0 Å². The first-order chi connectivity index (χ1) is 18.7. The Hall–Kier alpha value is -4.46. The standard InChI is InChI=1S/C34H30N3P/c1-27(36-37-34(28-14-6-2-7-15-28)29-22-24-30(35)25-23-29)26-38(31-16-8-3-9-17-31,32-18-10-4-11-19-32)33-20-12-5-13-21-33/h2-26H,35H2,1H3/b36-27-,37-34-. The molecule has 0 aliphatic heterocycles. The summed E-state index contributed by atoms with van der Waals surface area (Å²) in [6, 6.07) is 50.2. The van der Waals surface area contributed by atoms with E-state index in [9.17, 15) is 0 Å². The molecule has 5 aromatic rings. The van der Waals surface area contributed by atoms with Crippen LogP contribution >= 0.6 is 6.89 Å². The summed E-state index contributed by atoms with van der Waals surface area (Å²) in [4.78, 5) is 0. The number of nitrogen functional groups attached to an aromatic ring is 1. The van der Waals surface area contributed by atoms with Crippen LogP contribution in [-0.4, -0.2) is 17.2 Å². The van der Waals surface area contributed by atoms with Crippen molar-refractivity contribution in [1.82, 2.24) is 0 Å². The molecule has 0 fully saturated rings. The van der Waals surface area contributed by atoms with Gasteiger partial charge in [-0.25, -0.2) is 0 Å². The van der Waals surface area contributed by atoms with E-state index in [-0.39, 0.29) is 0 Å². The van der Waals surface area contributed by atoms with Crippen molar-refractivity contribution in [2.75, 3.05) is 5.73 Å². The average Bonchev–Trinajstić information content (AvgIpc) is 2.99. The highest BCUT2D eigenvalue weighted by Gasteiger charge is 2.25. The lowest BCUT2D eigenvalue weighted by atomic mass is 10.0. The Bertz CT molecular complexity index is 1490. The van der Waals surface area contributed by atoms with Gasteiger partial charge in [0.2, 0.25) is 0 Å². The van der Waals surface area contributed by atoms with E-state index in [1.165, 1.54) is 15.9 Å². The molecule has 0 amide bonds. The van der Waals surface area contributed by atoms with Gasteiger partial charge in [-0.1, -0.05) is 133 Å². The lowest BCUT2D eigenvalue weighted by Crippen LogP contribution is -2.28. The summed E-state index contributed by atoms with van der Waals surface area (Å²) in [5, 5.41) is 13.4. The molecule has 2 N–H and O–H groups in total. The van der Waals surface area contributed by atoms with Gasteiger partial charge in [0, 0.05) is 16.8 Å². The van der Waals surface area contributed by atoms with E-state index in [0.717, 1.165) is 28.2 Å². The van der Waals surface area contributed by atoms with Crippen molar-refractivity contribution in [3.05, 3.63) is 157 Å². The van der Waals surface area contributed by atoms with Gasteiger partial charge in [-0.05, 0) is 47.7 Å². The van der Waals surface area contributed by atoms with Crippen LogP contribution in [0, 0.1) is 0 Å². The monoisotopic (exact) mass is 511 g/mol. The topological polar surface area (TPSA) is 50.7 Å². The highest BCUT2D eigenvalue weighted by molar-refractivity contribution is 7.95. The highest BCUT2D eigenvalue weighted by Crippen LogP contribution is 2.43. The minimum atomic E-state index is -2.16.